The second-order valence-corrected chi connectivity index (χ2v) is 5.39. The van der Waals surface area contributed by atoms with E-state index in [4.69, 9.17) is 16.7 Å². The standard InChI is InChI=1S/C16H16ClN3O4/c17-14-10-13(20(23)24)6-7-15(14)18-16(22)19(8-9-21)11-12-4-2-1-3-5-12/h1-7,10,21H,8-9,11H2,(H,18,22). The van der Waals surface area contributed by atoms with Crippen LogP contribution in [-0.4, -0.2) is 34.1 Å². The first-order valence-electron chi connectivity index (χ1n) is 7.16. The molecular formula is C16H16ClN3O4. The van der Waals surface area contributed by atoms with E-state index in [0.29, 0.717) is 6.54 Å². The summed E-state index contributed by atoms with van der Waals surface area (Å²) in [6, 6.07) is 12.7. The van der Waals surface area contributed by atoms with E-state index in [0.717, 1.165) is 5.56 Å². The summed E-state index contributed by atoms with van der Waals surface area (Å²) in [5.74, 6) is 0. The molecule has 0 unspecified atom stereocenters. The lowest BCUT2D eigenvalue weighted by Gasteiger charge is -2.22. The maximum Gasteiger partial charge on any atom is 0.322 e. The van der Waals surface area contributed by atoms with Gasteiger partial charge in [-0.1, -0.05) is 41.9 Å². The first-order valence-corrected chi connectivity index (χ1v) is 7.53. The van der Waals surface area contributed by atoms with Gasteiger partial charge in [-0.2, -0.15) is 0 Å². The van der Waals surface area contributed by atoms with Crippen molar-refractivity contribution in [1.82, 2.24) is 4.90 Å². The molecule has 8 heteroatoms. The highest BCUT2D eigenvalue weighted by atomic mass is 35.5. The lowest BCUT2D eigenvalue weighted by atomic mass is 10.2. The van der Waals surface area contributed by atoms with Crippen LogP contribution in [-0.2, 0) is 6.54 Å². The monoisotopic (exact) mass is 349 g/mol. The van der Waals surface area contributed by atoms with Crippen molar-refractivity contribution in [3.63, 3.8) is 0 Å². The van der Waals surface area contributed by atoms with Crippen LogP contribution in [0.2, 0.25) is 5.02 Å². The number of benzene rings is 2. The number of hydrogen-bond donors (Lipinski definition) is 2. The van der Waals surface area contributed by atoms with Gasteiger partial charge in [-0.3, -0.25) is 10.1 Å². The average molecular weight is 350 g/mol. The summed E-state index contributed by atoms with van der Waals surface area (Å²) >= 11 is 5.97. The number of nitro benzene ring substituents is 1. The number of halogens is 1. The molecule has 0 atom stereocenters. The van der Waals surface area contributed by atoms with E-state index in [-0.39, 0.29) is 29.5 Å². The van der Waals surface area contributed by atoms with Crippen LogP contribution in [0.4, 0.5) is 16.2 Å². The molecule has 0 aliphatic carbocycles. The average Bonchev–Trinajstić information content (AvgIpc) is 2.57. The summed E-state index contributed by atoms with van der Waals surface area (Å²) in [6.45, 7) is 0.275. The summed E-state index contributed by atoms with van der Waals surface area (Å²) in [7, 11) is 0. The predicted molar refractivity (Wildman–Crippen MR) is 91.1 cm³/mol. The number of aliphatic hydroxyl groups is 1. The van der Waals surface area contributed by atoms with Crippen LogP contribution in [0.25, 0.3) is 0 Å². The van der Waals surface area contributed by atoms with Gasteiger partial charge in [0.1, 0.15) is 0 Å². The predicted octanol–water partition coefficient (Wildman–Crippen LogP) is 3.27. The second-order valence-electron chi connectivity index (χ2n) is 4.98. The van der Waals surface area contributed by atoms with Crippen LogP contribution in [0.5, 0.6) is 0 Å². The molecule has 2 aromatic carbocycles. The zero-order valence-corrected chi connectivity index (χ0v) is 13.4. The van der Waals surface area contributed by atoms with Crippen LogP contribution in [0.1, 0.15) is 5.56 Å². The summed E-state index contributed by atoms with van der Waals surface area (Å²) in [5, 5.41) is 22.5. The van der Waals surface area contributed by atoms with Gasteiger partial charge in [0.15, 0.2) is 0 Å². The maximum atomic E-state index is 12.4. The molecule has 0 aliphatic heterocycles. The number of amides is 2. The Morgan fingerprint density at radius 2 is 1.96 bits per heavy atom. The first-order chi connectivity index (χ1) is 11.5. The second kappa shape index (κ2) is 8.28. The number of non-ortho nitro benzene ring substituents is 1. The molecule has 0 heterocycles. The molecule has 0 fully saturated rings. The third-order valence-electron chi connectivity index (χ3n) is 3.28. The zero-order valence-electron chi connectivity index (χ0n) is 12.7. The number of carbonyl (C=O) groups is 1. The molecule has 24 heavy (non-hydrogen) atoms. The van der Waals surface area contributed by atoms with Crippen molar-refractivity contribution in [3.05, 3.63) is 69.2 Å². The SMILES string of the molecule is O=C(Nc1ccc([N+](=O)[O-])cc1Cl)N(CCO)Cc1ccccc1. The number of hydrogen-bond acceptors (Lipinski definition) is 4. The van der Waals surface area contributed by atoms with Gasteiger partial charge >= 0.3 is 6.03 Å². The highest BCUT2D eigenvalue weighted by molar-refractivity contribution is 6.33. The summed E-state index contributed by atoms with van der Waals surface area (Å²) in [6.07, 6.45) is 0. The third kappa shape index (κ3) is 4.68. The number of nitro groups is 1. The molecule has 0 spiro atoms. The van der Waals surface area contributed by atoms with E-state index in [1.807, 2.05) is 30.3 Å². The number of nitrogens with one attached hydrogen (secondary N) is 1. The van der Waals surface area contributed by atoms with Crippen molar-refractivity contribution in [3.8, 4) is 0 Å². The van der Waals surface area contributed by atoms with Gasteiger partial charge in [0.25, 0.3) is 5.69 Å². The fourth-order valence-electron chi connectivity index (χ4n) is 2.09. The Hall–Kier alpha value is -2.64. The van der Waals surface area contributed by atoms with Crippen molar-refractivity contribution in [1.29, 1.82) is 0 Å². The van der Waals surface area contributed by atoms with Crippen LogP contribution in [0.3, 0.4) is 0 Å². The van der Waals surface area contributed by atoms with Crippen molar-refractivity contribution in [2.75, 3.05) is 18.5 Å². The lowest BCUT2D eigenvalue weighted by molar-refractivity contribution is -0.384. The topological polar surface area (TPSA) is 95.7 Å². The van der Waals surface area contributed by atoms with E-state index >= 15 is 0 Å². The fourth-order valence-corrected chi connectivity index (χ4v) is 2.31. The Morgan fingerprint density at radius 3 is 2.54 bits per heavy atom. The zero-order chi connectivity index (χ0) is 17.5. The van der Waals surface area contributed by atoms with Gasteiger partial charge in [0, 0.05) is 25.2 Å². The Kier molecular flexibility index (Phi) is 6.11. The normalized spacial score (nSPS) is 10.2. The molecule has 126 valence electrons. The molecule has 7 nitrogen and oxygen atoms in total. The van der Waals surface area contributed by atoms with Crippen molar-refractivity contribution < 1.29 is 14.8 Å². The minimum absolute atomic E-state index is 0.0706. The molecule has 0 aliphatic rings. The summed E-state index contributed by atoms with van der Waals surface area (Å²) in [4.78, 5) is 24.0. The molecule has 2 aromatic rings. The molecule has 2 rings (SSSR count). The van der Waals surface area contributed by atoms with E-state index in [9.17, 15) is 14.9 Å². The summed E-state index contributed by atoms with van der Waals surface area (Å²) < 4.78 is 0. The number of carbonyl (C=O) groups excluding carboxylic acids is 1. The molecule has 0 saturated heterocycles. The Morgan fingerprint density at radius 1 is 1.25 bits per heavy atom. The molecular weight excluding hydrogens is 334 g/mol. The van der Waals surface area contributed by atoms with Crippen molar-refractivity contribution in [2.24, 2.45) is 0 Å². The highest BCUT2D eigenvalue weighted by Gasteiger charge is 2.16. The quantitative estimate of drug-likeness (QED) is 0.618. The lowest BCUT2D eigenvalue weighted by Crippen LogP contribution is -2.36. The molecule has 2 N–H and O–H groups in total. The molecule has 2 amide bonds. The molecule has 0 bridgehead atoms. The van der Waals surface area contributed by atoms with E-state index in [1.54, 1.807) is 0 Å². The Bertz CT molecular complexity index is 725. The van der Waals surface area contributed by atoms with Crippen molar-refractivity contribution >= 4 is 29.0 Å². The van der Waals surface area contributed by atoms with Crippen LogP contribution >= 0.6 is 11.6 Å². The van der Waals surface area contributed by atoms with Gasteiger partial charge in [0.05, 0.1) is 22.2 Å². The van der Waals surface area contributed by atoms with E-state index in [1.165, 1.54) is 23.1 Å². The van der Waals surface area contributed by atoms with Gasteiger partial charge in [-0.25, -0.2) is 4.79 Å². The van der Waals surface area contributed by atoms with Crippen LogP contribution in [0.15, 0.2) is 48.5 Å². The molecule has 0 saturated carbocycles. The Labute approximate surface area is 143 Å². The molecule has 0 aromatic heterocycles. The highest BCUT2D eigenvalue weighted by Crippen LogP contribution is 2.27. The number of nitrogens with zero attached hydrogens (tertiary/aromatic N) is 2. The van der Waals surface area contributed by atoms with Gasteiger partial charge in [0.2, 0.25) is 0 Å². The van der Waals surface area contributed by atoms with Crippen molar-refractivity contribution in [2.45, 2.75) is 6.54 Å². The molecule has 0 radical (unpaired) electrons. The number of aliphatic hydroxyl groups excluding tert-OH is 1. The van der Waals surface area contributed by atoms with E-state index < -0.39 is 11.0 Å². The minimum atomic E-state index is -0.565. The summed E-state index contributed by atoms with van der Waals surface area (Å²) in [5.41, 5.74) is 1.02. The smallest absolute Gasteiger partial charge is 0.322 e. The third-order valence-corrected chi connectivity index (χ3v) is 3.59. The first kappa shape index (κ1) is 17.7. The van der Waals surface area contributed by atoms with Crippen LogP contribution < -0.4 is 5.32 Å². The largest absolute Gasteiger partial charge is 0.395 e. The van der Waals surface area contributed by atoms with E-state index in [2.05, 4.69) is 5.32 Å². The van der Waals surface area contributed by atoms with Gasteiger partial charge in [-0.15, -0.1) is 0 Å². The minimum Gasteiger partial charge on any atom is -0.395 e. The van der Waals surface area contributed by atoms with Crippen LogP contribution in [0, 0.1) is 10.1 Å². The Balaban J connectivity index is 2.11. The maximum absolute atomic E-state index is 12.4. The number of anilines is 1. The number of rotatable bonds is 6. The van der Waals surface area contributed by atoms with Gasteiger partial charge in [-0.05, 0) is 11.6 Å². The number of urea groups is 1. The van der Waals surface area contributed by atoms with Gasteiger partial charge < -0.3 is 15.3 Å². The fraction of sp³-hybridized carbons (Fsp3) is 0.188.